The molecule has 0 unspecified atom stereocenters. The third kappa shape index (κ3) is 2.20. The van der Waals surface area contributed by atoms with Crippen LogP contribution in [0.25, 0.3) is 6.08 Å². The molecule has 0 radical (unpaired) electrons. The Bertz CT molecular complexity index is 568. The highest BCUT2D eigenvalue weighted by Gasteiger charge is 2.20. The first-order chi connectivity index (χ1) is 8.17. The van der Waals surface area contributed by atoms with Gasteiger partial charge in [0.15, 0.2) is 6.04 Å². The molecule has 4 nitrogen and oxygen atoms in total. The number of ether oxygens (including phenoxy) is 2. The van der Waals surface area contributed by atoms with Crippen molar-refractivity contribution in [3.05, 3.63) is 27.2 Å². The molecular weight excluding hydrogens is 286 g/mol. The standard InChI is InChI=1S/C12H12BrNO3/c1-3-17-12(15)9-6-7-8(14-9)4-5-10(16-2)11(7)13/h4-6,9H,3H2,1-2H3/t9-/m1/s1. The van der Waals surface area contributed by atoms with Gasteiger partial charge in [0.1, 0.15) is 5.75 Å². The predicted octanol–water partition coefficient (Wildman–Crippen LogP) is 0.803. The molecule has 0 saturated carbocycles. The van der Waals surface area contributed by atoms with Crippen molar-refractivity contribution in [3.8, 4) is 5.75 Å². The summed E-state index contributed by atoms with van der Waals surface area (Å²) in [6.07, 6.45) is 1.78. The third-order valence-corrected chi connectivity index (χ3v) is 3.29. The number of carbonyl (C=O) groups excluding carboxylic acids is 1. The van der Waals surface area contributed by atoms with Crippen LogP contribution in [-0.4, -0.2) is 25.7 Å². The molecule has 1 aromatic rings. The molecule has 0 N–H and O–H groups in total. The summed E-state index contributed by atoms with van der Waals surface area (Å²) in [7, 11) is 1.60. The fourth-order valence-corrected chi connectivity index (χ4v) is 2.31. The summed E-state index contributed by atoms with van der Waals surface area (Å²) in [4.78, 5) is 15.9. The number of carbonyl (C=O) groups is 1. The van der Waals surface area contributed by atoms with Crippen LogP contribution in [0.2, 0.25) is 0 Å². The Balaban J connectivity index is 2.44. The smallest absolute Gasteiger partial charge is 0.334 e. The predicted molar refractivity (Wildman–Crippen MR) is 66.4 cm³/mol. The molecule has 0 spiro atoms. The van der Waals surface area contributed by atoms with Gasteiger partial charge in [0.05, 0.1) is 23.5 Å². The number of fused-ring (bicyclic) bond motifs is 1. The average Bonchev–Trinajstić information content (AvgIpc) is 2.75. The highest BCUT2D eigenvalue weighted by atomic mass is 79.9. The molecule has 0 amide bonds. The number of hydrogen-bond donors (Lipinski definition) is 0. The van der Waals surface area contributed by atoms with Crippen molar-refractivity contribution < 1.29 is 14.3 Å². The van der Waals surface area contributed by atoms with E-state index in [4.69, 9.17) is 9.47 Å². The number of rotatable bonds is 3. The lowest BCUT2D eigenvalue weighted by molar-refractivity contribution is -0.142. The molecular formula is C12H12BrNO3. The van der Waals surface area contributed by atoms with Gasteiger partial charge in [-0.2, -0.15) is 0 Å². The van der Waals surface area contributed by atoms with E-state index in [1.54, 1.807) is 20.1 Å². The van der Waals surface area contributed by atoms with E-state index in [9.17, 15) is 4.79 Å². The first-order valence-corrected chi connectivity index (χ1v) is 6.05. The highest BCUT2D eigenvalue weighted by molar-refractivity contribution is 9.10. The molecule has 1 aliphatic heterocycles. The molecule has 90 valence electrons. The Labute approximate surface area is 107 Å². The molecule has 1 heterocycles. The van der Waals surface area contributed by atoms with Crippen LogP contribution >= 0.6 is 15.9 Å². The molecule has 1 atom stereocenters. The number of methoxy groups -OCH3 is 1. The van der Waals surface area contributed by atoms with E-state index in [0.29, 0.717) is 6.61 Å². The summed E-state index contributed by atoms with van der Waals surface area (Å²) < 4.78 is 10.9. The molecule has 2 rings (SSSR count). The van der Waals surface area contributed by atoms with Crippen LogP contribution < -0.4 is 15.3 Å². The molecule has 0 saturated heterocycles. The zero-order valence-corrected chi connectivity index (χ0v) is 11.2. The van der Waals surface area contributed by atoms with Gasteiger partial charge >= 0.3 is 5.97 Å². The van der Waals surface area contributed by atoms with Crippen LogP contribution in [0.1, 0.15) is 6.92 Å². The Morgan fingerprint density at radius 3 is 2.94 bits per heavy atom. The van der Waals surface area contributed by atoms with Gasteiger partial charge in [-0.15, -0.1) is 0 Å². The van der Waals surface area contributed by atoms with Gasteiger partial charge in [0, 0.05) is 5.22 Å². The zero-order chi connectivity index (χ0) is 12.4. The van der Waals surface area contributed by atoms with Crippen LogP contribution in [0.5, 0.6) is 5.75 Å². The van der Waals surface area contributed by atoms with E-state index in [2.05, 4.69) is 20.9 Å². The van der Waals surface area contributed by atoms with Gasteiger partial charge < -0.3 is 9.47 Å². The normalized spacial score (nSPS) is 16.8. The van der Waals surface area contributed by atoms with Gasteiger partial charge in [-0.25, -0.2) is 4.79 Å². The van der Waals surface area contributed by atoms with E-state index in [1.165, 1.54) is 0 Å². The summed E-state index contributed by atoms with van der Waals surface area (Å²) in [5, 5.41) is 1.65. The second kappa shape index (κ2) is 4.87. The summed E-state index contributed by atoms with van der Waals surface area (Å²) in [6.45, 7) is 2.14. The maximum atomic E-state index is 11.6. The highest BCUT2D eigenvalue weighted by Crippen LogP contribution is 2.19. The van der Waals surface area contributed by atoms with Gasteiger partial charge in [0.25, 0.3) is 0 Å². The third-order valence-electron chi connectivity index (χ3n) is 2.47. The van der Waals surface area contributed by atoms with Crippen molar-refractivity contribution in [2.24, 2.45) is 4.99 Å². The monoisotopic (exact) mass is 297 g/mol. The topological polar surface area (TPSA) is 47.9 Å². The van der Waals surface area contributed by atoms with Crippen LogP contribution in [0.3, 0.4) is 0 Å². The summed E-state index contributed by atoms with van der Waals surface area (Å²) in [5.74, 6) is 0.397. The fourth-order valence-electron chi connectivity index (χ4n) is 1.68. The van der Waals surface area contributed by atoms with E-state index < -0.39 is 6.04 Å². The van der Waals surface area contributed by atoms with Gasteiger partial charge in [-0.3, -0.25) is 4.99 Å². The molecule has 0 aromatic heterocycles. The molecule has 0 aliphatic carbocycles. The van der Waals surface area contributed by atoms with E-state index in [1.807, 2.05) is 12.1 Å². The van der Waals surface area contributed by atoms with Gasteiger partial charge in [-0.1, -0.05) is 0 Å². The number of benzene rings is 1. The quantitative estimate of drug-likeness (QED) is 0.776. The van der Waals surface area contributed by atoms with Crippen LogP contribution in [0.15, 0.2) is 21.6 Å². The van der Waals surface area contributed by atoms with E-state index in [-0.39, 0.29) is 5.97 Å². The first kappa shape index (κ1) is 12.1. The van der Waals surface area contributed by atoms with Gasteiger partial charge in [-0.05, 0) is 41.1 Å². The molecule has 0 bridgehead atoms. The first-order valence-electron chi connectivity index (χ1n) is 5.26. The summed E-state index contributed by atoms with van der Waals surface area (Å²) >= 11 is 3.44. The van der Waals surface area contributed by atoms with Crippen LogP contribution in [0.4, 0.5) is 0 Å². The number of hydrogen-bond acceptors (Lipinski definition) is 4. The van der Waals surface area contributed by atoms with Crippen molar-refractivity contribution in [1.29, 1.82) is 0 Å². The lowest BCUT2D eigenvalue weighted by Gasteiger charge is -2.02. The molecule has 1 aliphatic rings. The number of halogens is 1. The number of esters is 1. The maximum Gasteiger partial charge on any atom is 0.334 e. The van der Waals surface area contributed by atoms with Crippen molar-refractivity contribution >= 4 is 28.0 Å². The van der Waals surface area contributed by atoms with E-state index in [0.717, 1.165) is 20.8 Å². The largest absolute Gasteiger partial charge is 0.496 e. The van der Waals surface area contributed by atoms with Crippen LogP contribution in [-0.2, 0) is 9.53 Å². The lowest BCUT2D eigenvalue weighted by atomic mass is 10.2. The minimum absolute atomic E-state index is 0.324. The van der Waals surface area contributed by atoms with Gasteiger partial charge in [0.2, 0.25) is 0 Å². The minimum atomic E-state index is -0.548. The Hall–Kier alpha value is -1.36. The maximum absolute atomic E-state index is 11.6. The molecule has 5 heteroatoms. The van der Waals surface area contributed by atoms with Crippen molar-refractivity contribution in [2.45, 2.75) is 13.0 Å². The second-order valence-corrected chi connectivity index (χ2v) is 4.30. The Morgan fingerprint density at radius 1 is 1.53 bits per heavy atom. The lowest BCUT2D eigenvalue weighted by Crippen LogP contribution is -2.22. The Morgan fingerprint density at radius 2 is 2.29 bits per heavy atom. The molecule has 0 fully saturated rings. The molecule has 17 heavy (non-hydrogen) atoms. The van der Waals surface area contributed by atoms with Crippen molar-refractivity contribution in [2.75, 3.05) is 13.7 Å². The minimum Gasteiger partial charge on any atom is -0.496 e. The Kier molecular flexibility index (Phi) is 3.47. The summed E-state index contributed by atoms with van der Waals surface area (Å²) in [6, 6.07) is 3.09. The zero-order valence-electron chi connectivity index (χ0n) is 9.57. The van der Waals surface area contributed by atoms with Crippen molar-refractivity contribution in [1.82, 2.24) is 0 Å². The van der Waals surface area contributed by atoms with E-state index >= 15 is 0 Å². The molecule has 1 aromatic carbocycles. The van der Waals surface area contributed by atoms with Crippen molar-refractivity contribution in [3.63, 3.8) is 0 Å². The van der Waals surface area contributed by atoms with Crippen LogP contribution in [0, 0.1) is 0 Å². The average molecular weight is 298 g/mol. The number of nitrogens with zero attached hydrogens (tertiary/aromatic N) is 1. The fraction of sp³-hybridized carbons (Fsp3) is 0.333. The summed E-state index contributed by atoms with van der Waals surface area (Å²) in [5.41, 5.74) is 0. The SMILES string of the molecule is CCOC(=O)[C@H]1C=c2c(Br)c(OC)ccc2=N1. The second-order valence-electron chi connectivity index (χ2n) is 3.51.